The molecule has 0 fully saturated rings. The predicted molar refractivity (Wildman–Crippen MR) is 61.3 cm³/mol. The fourth-order valence-corrected chi connectivity index (χ4v) is 1.46. The van der Waals surface area contributed by atoms with Gasteiger partial charge in [-0.1, -0.05) is 6.07 Å². The molecule has 0 aromatic heterocycles. The third kappa shape index (κ3) is 3.66. The molecule has 0 saturated carbocycles. The Balaban J connectivity index is 2.77. The number of nitrogens with one attached hydrogen (secondary N) is 1. The Kier molecular flexibility index (Phi) is 4.31. The highest BCUT2D eigenvalue weighted by Gasteiger charge is 2.11. The molecule has 1 amide bonds. The van der Waals surface area contributed by atoms with E-state index in [4.69, 9.17) is 21.2 Å². The maximum Gasteiger partial charge on any atom is 0.404 e. The van der Waals surface area contributed by atoms with Crippen molar-refractivity contribution in [2.45, 2.75) is 12.5 Å². The lowest BCUT2D eigenvalue weighted by atomic mass is 10.0. The molecule has 0 saturated heterocycles. The van der Waals surface area contributed by atoms with Crippen LogP contribution in [0.2, 0.25) is 0 Å². The monoisotopic (exact) mass is 235 g/mol. The van der Waals surface area contributed by atoms with Gasteiger partial charge in [0, 0.05) is 5.69 Å². The van der Waals surface area contributed by atoms with E-state index in [2.05, 4.69) is 5.32 Å². The van der Waals surface area contributed by atoms with Gasteiger partial charge >= 0.3 is 6.09 Å². The summed E-state index contributed by atoms with van der Waals surface area (Å²) in [4.78, 5) is 10.4. The van der Waals surface area contributed by atoms with Crippen LogP contribution in [0.25, 0.3) is 0 Å². The second kappa shape index (κ2) is 5.72. The maximum atomic E-state index is 10.4. The molecule has 17 heavy (non-hydrogen) atoms. The first-order valence-electron chi connectivity index (χ1n) is 4.95. The number of nitrogens with two attached hydrogens (primary N) is 1. The predicted octanol–water partition coefficient (Wildman–Crippen LogP) is 0.311. The first kappa shape index (κ1) is 12.8. The Morgan fingerprint density at radius 3 is 2.76 bits per heavy atom. The van der Waals surface area contributed by atoms with Crippen molar-refractivity contribution < 1.29 is 15.0 Å². The van der Waals surface area contributed by atoms with Gasteiger partial charge in [0.05, 0.1) is 18.2 Å². The van der Waals surface area contributed by atoms with Crippen molar-refractivity contribution in [2.75, 3.05) is 12.3 Å². The minimum atomic E-state index is -1.19. The van der Waals surface area contributed by atoms with Gasteiger partial charge < -0.3 is 21.3 Å². The topological polar surface area (TPSA) is 119 Å². The van der Waals surface area contributed by atoms with E-state index in [0.29, 0.717) is 17.7 Å². The Morgan fingerprint density at radius 2 is 2.29 bits per heavy atom. The molecule has 5 N–H and O–H groups in total. The van der Waals surface area contributed by atoms with E-state index in [9.17, 15) is 4.79 Å². The van der Waals surface area contributed by atoms with Crippen LogP contribution in [0.15, 0.2) is 18.2 Å². The molecule has 1 rings (SSSR count). The molecule has 0 bridgehead atoms. The van der Waals surface area contributed by atoms with E-state index in [-0.39, 0.29) is 6.61 Å². The van der Waals surface area contributed by atoms with Gasteiger partial charge in [0.25, 0.3) is 0 Å². The van der Waals surface area contributed by atoms with Gasteiger partial charge in [0.2, 0.25) is 0 Å². The molecule has 0 aliphatic rings. The number of aliphatic hydroxyl groups is 1. The third-order valence-electron chi connectivity index (χ3n) is 2.27. The number of anilines is 1. The van der Waals surface area contributed by atoms with E-state index < -0.39 is 12.1 Å². The van der Waals surface area contributed by atoms with Gasteiger partial charge in [0.1, 0.15) is 6.07 Å². The van der Waals surface area contributed by atoms with Gasteiger partial charge in [-0.2, -0.15) is 5.26 Å². The maximum absolute atomic E-state index is 10.4. The lowest BCUT2D eigenvalue weighted by Crippen LogP contribution is -2.38. The van der Waals surface area contributed by atoms with Crippen LogP contribution >= 0.6 is 0 Å². The number of hydrogen-bond donors (Lipinski definition) is 4. The summed E-state index contributed by atoms with van der Waals surface area (Å²) in [7, 11) is 0. The molecule has 0 aliphatic carbocycles. The largest absolute Gasteiger partial charge is 0.465 e. The van der Waals surface area contributed by atoms with Crippen LogP contribution < -0.4 is 11.1 Å². The summed E-state index contributed by atoms with van der Waals surface area (Å²) in [6.07, 6.45) is -0.871. The highest BCUT2D eigenvalue weighted by molar-refractivity contribution is 5.65. The number of rotatable bonds is 4. The van der Waals surface area contributed by atoms with E-state index in [1.807, 2.05) is 6.07 Å². The number of nitriles is 1. The first-order valence-corrected chi connectivity index (χ1v) is 4.95. The average molecular weight is 235 g/mol. The molecule has 0 unspecified atom stereocenters. The Bertz CT molecular complexity index is 454. The van der Waals surface area contributed by atoms with Crippen LogP contribution in [-0.2, 0) is 6.42 Å². The van der Waals surface area contributed by atoms with Crippen molar-refractivity contribution in [1.29, 1.82) is 5.26 Å². The lowest BCUT2D eigenvalue weighted by Gasteiger charge is -2.14. The number of nitrogens with zero attached hydrogens (tertiary/aromatic N) is 1. The van der Waals surface area contributed by atoms with Crippen LogP contribution in [0.4, 0.5) is 10.5 Å². The van der Waals surface area contributed by atoms with Gasteiger partial charge in [-0.25, -0.2) is 4.79 Å². The quantitative estimate of drug-likeness (QED) is 0.560. The van der Waals surface area contributed by atoms with Crippen molar-refractivity contribution >= 4 is 11.8 Å². The zero-order valence-corrected chi connectivity index (χ0v) is 9.05. The fraction of sp³-hybridized carbons (Fsp3) is 0.273. The summed E-state index contributed by atoms with van der Waals surface area (Å²) >= 11 is 0. The molecule has 1 aromatic rings. The van der Waals surface area contributed by atoms with Crippen LogP contribution in [0, 0.1) is 11.3 Å². The first-order chi connectivity index (χ1) is 8.06. The second-order valence-electron chi connectivity index (χ2n) is 3.57. The molecule has 0 radical (unpaired) electrons. The van der Waals surface area contributed by atoms with E-state index in [1.54, 1.807) is 18.2 Å². The number of benzene rings is 1. The summed E-state index contributed by atoms with van der Waals surface area (Å²) < 4.78 is 0. The minimum absolute atomic E-state index is 0.299. The molecule has 1 aromatic carbocycles. The number of carbonyl (C=O) groups is 1. The van der Waals surface area contributed by atoms with E-state index >= 15 is 0 Å². The van der Waals surface area contributed by atoms with Crippen molar-refractivity contribution in [3.05, 3.63) is 29.3 Å². The Hall–Kier alpha value is -2.26. The molecule has 6 nitrogen and oxygen atoms in total. The van der Waals surface area contributed by atoms with Crippen molar-refractivity contribution in [2.24, 2.45) is 0 Å². The molecule has 1 atom stereocenters. The summed E-state index contributed by atoms with van der Waals surface area (Å²) in [5.74, 6) is 0. The average Bonchev–Trinajstić information content (AvgIpc) is 2.27. The number of amides is 1. The molecule has 0 heterocycles. The Morgan fingerprint density at radius 1 is 1.59 bits per heavy atom. The standard InChI is InChI=1S/C11H13N3O3/c12-5-8-2-1-7(4-10(8)13)3-9(6-15)14-11(16)17/h1-2,4,9,14-15H,3,6,13H2,(H,16,17)/t9-/m1/s1. The molecule has 0 aliphatic heterocycles. The van der Waals surface area contributed by atoms with E-state index in [0.717, 1.165) is 5.56 Å². The molecule has 0 spiro atoms. The lowest BCUT2D eigenvalue weighted by molar-refractivity contribution is 0.177. The molecular weight excluding hydrogens is 222 g/mol. The van der Waals surface area contributed by atoms with Crippen LogP contribution in [-0.4, -0.2) is 29.0 Å². The van der Waals surface area contributed by atoms with Crippen molar-refractivity contribution in [1.82, 2.24) is 5.32 Å². The SMILES string of the molecule is N#Cc1ccc(C[C@H](CO)NC(=O)O)cc1N. The van der Waals surface area contributed by atoms with Gasteiger partial charge in [-0.15, -0.1) is 0 Å². The van der Waals surface area contributed by atoms with Crippen LogP contribution in [0.3, 0.4) is 0 Å². The Labute approximate surface area is 98.3 Å². The normalized spacial score (nSPS) is 11.5. The van der Waals surface area contributed by atoms with Gasteiger partial charge in [0.15, 0.2) is 0 Å². The van der Waals surface area contributed by atoms with Gasteiger partial charge in [-0.3, -0.25) is 0 Å². The number of carboxylic acid groups (broad SMARTS) is 1. The fourth-order valence-electron chi connectivity index (χ4n) is 1.46. The molecule has 6 heteroatoms. The minimum Gasteiger partial charge on any atom is -0.465 e. The third-order valence-corrected chi connectivity index (χ3v) is 2.27. The zero-order chi connectivity index (χ0) is 12.8. The van der Waals surface area contributed by atoms with Gasteiger partial charge in [-0.05, 0) is 24.1 Å². The second-order valence-corrected chi connectivity index (χ2v) is 3.57. The summed E-state index contributed by atoms with van der Waals surface area (Å²) in [6.45, 7) is -0.299. The smallest absolute Gasteiger partial charge is 0.404 e. The van der Waals surface area contributed by atoms with Crippen LogP contribution in [0.5, 0.6) is 0 Å². The number of nitrogen functional groups attached to an aromatic ring is 1. The highest BCUT2D eigenvalue weighted by atomic mass is 16.4. The summed E-state index contributed by atoms with van der Waals surface area (Å²) in [6, 6.07) is 6.21. The molecule has 90 valence electrons. The summed E-state index contributed by atoms with van der Waals surface area (Å²) in [5.41, 5.74) is 7.11. The summed E-state index contributed by atoms with van der Waals surface area (Å²) in [5, 5.41) is 28.4. The number of aliphatic hydroxyl groups excluding tert-OH is 1. The van der Waals surface area contributed by atoms with Crippen molar-refractivity contribution in [3.8, 4) is 6.07 Å². The molecular formula is C11H13N3O3. The van der Waals surface area contributed by atoms with Crippen LogP contribution in [0.1, 0.15) is 11.1 Å². The highest BCUT2D eigenvalue weighted by Crippen LogP contribution is 2.14. The van der Waals surface area contributed by atoms with E-state index in [1.165, 1.54) is 0 Å². The zero-order valence-electron chi connectivity index (χ0n) is 9.05. The van der Waals surface area contributed by atoms with Crippen molar-refractivity contribution in [3.63, 3.8) is 0 Å². The number of hydrogen-bond acceptors (Lipinski definition) is 4.